The number of hydrogen-bond donors (Lipinski definition) is 2. The second kappa shape index (κ2) is 9.10. The molecule has 2 N–H and O–H groups in total. The monoisotopic (exact) mass is 435 g/mol. The molecule has 1 aliphatic heterocycles. The molecule has 0 bridgehead atoms. The Balaban J connectivity index is 1.76. The smallest absolute Gasteiger partial charge is 0.329 e. The SMILES string of the molecule is CCn1c(=O)n(CC)c2cc(N3CCCCC3)c(NC(=O)Nc3cccc(C)c3C)cc21. The largest absolute Gasteiger partial charge is 0.370 e. The van der Waals surface area contributed by atoms with Crippen molar-refractivity contribution in [2.24, 2.45) is 0 Å². The standard InChI is InChI=1S/C25H33N5O2/c1-5-29-22-15-20(27-24(31)26-19-12-10-11-17(3)18(19)4)21(28-13-8-7-9-14-28)16-23(22)30(6-2)25(29)32/h10-12,15-16H,5-9,13-14H2,1-4H3,(H2,26,27,31). The van der Waals surface area contributed by atoms with E-state index in [0.29, 0.717) is 13.1 Å². The van der Waals surface area contributed by atoms with E-state index in [9.17, 15) is 9.59 Å². The van der Waals surface area contributed by atoms with E-state index in [1.807, 2.05) is 56.5 Å². The van der Waals surface area contributed by atoms with Crippen molar-refractivity contribution in [2.75, 3.05) is 28.6 Å². The van der Waals surface area contributed by atoms with Gasteiger partial charge in [-0.25, -0.2) is 9.59 Å². The maximum atomic E-state index is 13.0. The maximum absolute atomic E-state index is 13.0. The highest BCUT2D eigenvalue weighted by Gasteiger charge is 2.21. The Labute approximate surface area is 189 Å². The Morgan fingerprint density at radius 2 is 1.53 bits per heavy atom. The number of fused-ring (bicyclic) bond motifs is 1. The molecule has 2 heterocycles. The van der Waals surface area contributed by atoms with Crippen LogP contribution in [-0.4, -0.2) is 28.3 Å². The molecule has 32 heavy (non-hydrogen) atoms. The van der Waals surface area contributed by atoms with Crippen LogP contribution >= 0.6 is 0 Å². The van der Waals surface area contributed by atoms with Crippen LogP contribution in [0.25, 0.3) is 11.0 Å². The number of imidazole rings is 1. The third-order valence-corrected chi connectivity index (χ3v) is 6.57. The molecule has 1 saturated heterocycles. The number of piperidine rings is 1. The van der Waals surface area contributed by atoms with Crippen LogP contribution < -0.4 is 21.2 Å². The molecule has 0 saturated carbocycles. The zero-order valence-electron chi connectivity index (χ0n) is 19.5. The van der Waals surface area contributed by atoms with E-state index in [-0.39, 0.29) is 11.7 Å². The lowest BCUT2D eigenvalue weighted by molar-refractivity contribution is 0.262. The molecule has 7 nitrogen and oxygen atoms in total. The summed E-state index contributed by atoms with van der Waals surface area (Å²) in [4.78, 5) is 28.2. The first-order chi connectivity index (χ1) is 15.4. The predicted molar refractivity (Wildman–Crippen MR) is 132 cm³/mol. The number of aromatic nitrogens is 2. The average molecular weight is 436 g/mol. The molecule has 0 spiro atoms. The first-order valence-electron chi connectivity index (χ1n) is 11.6. The molecule has 0 aliphatic carbocycles. The summed E-state index contributed by atoms with van der Waals surface area (Å²) in [5.74, 6) is 0. The topological polar surface area (TPSA) is 71.3 Å². The van der Waals surface area contributed by atoms with Gasteiger partial charge in [-0.05, 0) is 76.3 Å². The van der Waals surface area contributed by atoms with Gasteiger partial charge in [0.15, 0.2) is 0 Å². The average Bonchev–Trinajstić information content (AvgIpc) is 3.06. The number of nitrogens with one attached hydrogen (secondary N) is 2. The molecule has 2 amide bonds. The molecular weight excluding hydrogens is 402 g/mol. The Hall–Kier alpha value is -3.22. The number of carbonyl (C=O) groups excluding carboxylic acids is 1. The molecule has 1 fully saturated rings. The van der Waals surface area contributed by atoms with Gasteiger partial charge in [0.25, 0.3) is 0 Å². The van der Waals surface area contributed by atoms with Crippen LogP contribution in [0.5, 0.6) is 0 Å². The van der Waals surface area contributed by atoms with E-state index < -0.39 is 0 Å². The number of carbonyl (C=O) groups is 1. The number of anilines is 3. The Bertz CT molecular complexity index is 1200. The third kappa shape index (κ3) is 3.99. The van der Waals surface area contributed by atoms with Gasteiger partial charge in [0.05, 0.1) is 22.4 Å². The van der Waals surface area contributed by atoms with Gasteiger partial charge in [-0.1, -0.05) is 12.1 Å². The van der Waals surface area contributed by atoms with Gasteiger partial charge in [-0.3, -0.25) is 9.13 Å². The molecule has 4 rings (SSSR count). The Kier molecular flexibility index (Phi) is 6.26. The minimum absolute atomic E-state index is 0.00780. The predicted octanol–water partition coefficient (Wildman–Crippen LogP) is 5.09. The van der Waals surface area contributed by atoms with Crippen molar-refractivity contribution < 1.29 is 4.79 Å². The van der Waals surface area contributed by atoms with E-state index in [0.717, 1.165) is 65.2 Å². The lowest BCUT2D eigenvalue weighted by Crippen LogP contribution is -2.31. The molecule has 3 aromatic rings. The summed E-state index contributed by atoms with van der Waals surface area (Å²) < 4.78 is 3.58. The van der Waals surface area contributed by atoms with E-state index in [4.69, 9.17) is 0 Å². The quantitative estimate of drug-likeness (QED) is 0.586. The number of hydrogen-bond acceptors (Lipinski definition) is 3. The minimum Gasteiger partial charge on any atom is -0.370 e. The molecule has 0 radical (unpaired) electrons. The highest BCUT2D eigenvalue weighted by molar-refractivity contribution is 6.04. The number of rotatable bonds is 5. The van der Waals surface area contributed by atoms with Crippen molar-refractivity contribution in [3.63, 3.8) is 0 Å². The van der Waals surface area contributed by atoms with Crippen molar-refractivity contribution in [2.45, 2.75) is 60.0 Å². The molecular formula is C25H33N5O2. The van der Waals surface area contributed by atoms with Crippen molar-refractivity contribution >= 4 is 34.1 Å². The van der Waals surface area contributed by atoms with Gasteiger partial charge in [0.1, 0.15) is 0 Å². The summed E-state index contributed by atoms with van der Waals surface area (Å²) in [7, 11) is 0. The normalized spacial score (nSPS) is 14.1. The van der Waals surface area contributed by atoms with Crippen LogP contribution in [-0.2, 0) is 13.1 Å². The molecule has 2 aromatic carbocycles. The number of amides is 2. The van der Waals surface area contributed by atoms with Crippen LogP contribution in [0.3, 0.4) is 0 Å². The van der Waals surface area contributed by atoms with Gasteiger partial charge in [-0.2, -0.15) is 0 Å². The second-order valence-corrected chi connectivity index (χ2v) is 8.50. The van der Waals surface area contributed by atoms with E-state index in [1.165, 1.54) is 6.42 Å². The van der Waals surface area contributed by atoms with Crippen LogP contribution in [0.15, 0.2) is 35.1 Å². The summed E-state index contributed by atoms with van der Waals surface area (Å²) in [6, 6.07) is 9.63. The van der Waals surface area contributed by atoms with E-state index >= 15 is 0 Å². The number of nitrogens with zero attached hydrogens (tertiary/aromatic N) is 3. The van der Waals surface area contributed by atoms with E-state index in [1.54, 1.807) is 4.57 Å². The molecule has 170 valence electrons. The Morgan fingerprint density at radius 1 is 0.906 bits per heavy atom. The lowest BCUT2D eigenvalue weighted by Gasteiger charge is -2.31. The minimum atomic E-state index is -0.281. The molecule has 7 heteroatoms. The molecule has 0 unspecified atom stereocenters. The second-order valence-electron chi connectivity index (χ2n) is 8.50. The Morgan fingerprint density at radius 3 is 2.19 bits per heavy atom. The van der Waals surface area contributed by atoms with E-state index in [2.05, 4.69) is 21.6 Å². The van der Waals surface area contributed by atoms with Crippen LogP contribution in [0.2, 0.25) is 0 Å². The van der Waals surface area contributed by atoms with Crippen molar-refractivity contribution in [1.82, 2.24) is 9.13 Å². The van der Waals surface area contributed by atoms with Gasteiger partial charge in [-0.15, -0.1) is 0 Å². The van der Waals surface area contributed by atoms with Crippen LogP contribution in [0, 0.1) is 13.8 Å². The summed E-state index contributed by atoms with van der Waals surface area (Å²) in [5.41, 5.74) is 6.45. The van der Waals surface area contributed by atoms with Gasteiger partial charge < -0.3 is 15.5 Å². The van der Waals surface area contributed by atoms with Crippen LogP contribution in [0.4, 0.5) is 21.9 Å². The number of benzene rings is 2. The molecule has 1 aliphatic rings. The zero-order valence-corrected chi connectivity index (χ0v) is 19.5. The third-order valence-electron chi connectivity index (χ3n) is 6.57. The summed E-state index contributed by atoms with van der Waals surface area (Å²) in [6.07, 6.45) is 3.48. The highest BCUT2D eigenvalue weighted by atomic mass is 16.2. The highest BCUT2D eigenvalue weighted by Crippen LogP contribution is 2.33. The summed E-state index contributed by atoms with van der Waals surface area (Å²) >= 11 is 0. The van der Waals surface area contributed by atoms with Gasteiger partial charge >= 0.3 is 11.7 Å². The zero-order chi connectivity index (χ0) is 22.8. The fourth-order valence-electron chi connectivity index (χ4n) is 4.62. The van der Waals surface area contributed by atoms with Gasteiger partial charge in [0.2, 0.25) is 0 Å². The van der Waals surface area contributed by atoms with Gasteiger partial charge in [0, 0.05) is 31.9 Å². The van der Waals surface area contributed by atoms with Crippen molar-refractivity contribution in [1.29, 1.82) is 0 Å². The fraction of sp³-hybridized carbons (Fsp3) is 0.440. The maximum Gasteiger partial charge on any atom is 0.329 e. The summed E-state index contributed by atoms with van der Waals surface area (Å²) in [6.45, 7) is 11.1. The number of aryl methyl sites for hydroxylation is 3. The lowest BCUT2D eigenvalue weighted by atomic mass is 10.1. The fourth-order valence-corrected chi connectivity index (χ4v) is 4.62. The molecule has 0 atom stereocenters. The molecule has 1 aromatic heterocycles. The van der Waals surface area contributed by atoms with Crippen molar-refractivity contribution in [3.05, 3.63) is 51.9 Å². The van der Waals surface area contributed by atoms with Crippen molar-refractivity contribution in [3.8, 4) is 0 Å². The number of urea groups is 1. The first-order valence-corrected chi connectivity index (χ1v) is 11.6. The van der Waals surface area contributed by atoms with Crippen LogP contribution in [0.1, 0.15) is 44.2 Å². The first kappa shape index (κ1) is 22.0. The summed E-state index contributed by atoms with van der Waals surface area (Å²) in [5, 5.41) is 6.07.